The van der Waals surface area contributed by atoms with E-state index < -0.39 is 0 Å². The van der Waals surface area contributed by atoms with E-state index in [1.807, 2.05) is 50.2 Å². The van der Waals surface area contributed by atoms with Crippen molar-refractivity contribution < 1.29 is 9.59 Å². The highest BCUT2D eigenvalue weighted by atomic mass is 35.5. The molecule has 0 radical (unpaired) electrons. The molecule has 0 aliphatic rings. The fourth-order valence-electron chi connectivity index (χ4n) is 2.56. The number of alkyl halides is 2. The minimum absolute atomic E-state index is 0.0938. The smallest absolute Gasteiger partial charge is 0.225 e. The highest BCUT2D eigenvalue weighted by Gasteiger charge is 2.08. The Hall–Kier alpha value is -2.04. The zero-order valence-electron chi connectivity index (χ0n) is 14.9. The zero-order valence-corrected chi connectivity index (χ0v) is 16.4. The van der Waals surface area contributed by atoms with Crippen LogP contribution in [-0.2, 0) is 9.59 Å². The number of carbonyl (C=O) groups excluding carboxylic acids is 2. The first-order chi connectivity index (χ1) is 12.4. The van der Waals surface area contributed by atoms with Gasteiger partial charge in [0.2, 0.25) is 11.8 Å². The maximum atomic E-state index is 11.7. The molecule has 2 aromatic carbocycles. The number of rotatable bonds is 7. The number of hydrogen-bond donors (Lipinski definition) is 2. The summed E-state index contributed by atoms with van der Waals surface area (Å²) in [5.74, 6) is 0.416. The van der Waals surface area contributed by atoms with Gasteiger partial charge >= 0.3 is 0 Å². The van der Waals surface area contributed by atoms with E-state index in [1.165, 1.54) is 0 Å². The van der Waals surface area contributed by atoms with Crippen molar-refractivity contribution in [1.82, 2.24) is 0 Å². The Morgan fingerprint density at radius 1 is 0.769 bits per heavy atom. The van der Waals surface area contributed by atoms with Crippen molar-refractivity contribution in [3.05, 3.63) is 47.5 Å². The zero-order chi connectivity index (χ0) is 19.1. The summed E-state index contributed by atoms with van der Waals surface area (Å²) in [6, 6.07) is 11.8. The van der Waals surface area contributed by atoms with Crippen LogP contribution in [0.15, 0.2) is 36.4 Å². The Morgan fingerprint density at radius 3 is 1.46 bits per heavy atom. The minimum Gasteiger partial charge on any atom is -0.326 e. The van der Waals surface area contributed by atoms with Crippen LogP contribution in [0.1, 0.15) is 24.0 Å². The summed E-state index contributed by atoms with van der Waals surface area (Å²) in [6.07, 6.45) is 0.581. The first-order valence-corrected chi connectivity index (χ1v) is 9.44. The molecule has 0 aromatic heterocycles. The number of nitrogens with one attached hydrogen (secondary N) is 2. The van der Waals surface area contributed by atoms with Gasteiger partial charge in [0, 0.05) is 36.0 Å². The van der Waals surface area contributed by atoms with Crippen molar-refractivity contribution in [3.8, 4) is 11.1 Å². The van der Waals surface area contributed by atoms with Gasteiger partial charge in [0.15, 0.2) is 0 Å². The molecular formula is C20H22Cl2N2O2. The van der Waals surface area contributed by atoms with Crippen LogP contribution in [0.5, 0.6) is 0 Å². The van der Waals surface area contributed by atoms with Gasteiger partial charge in [-0.05, 0) is 60.4 Å². The Labute approximate surface area is 163 Å². The molecule has 0 unspecified atom stereocenters. The molecule has 2 aromatic rings. The molecule has 0 fully saturated rings. The molecule has 2 rings (SSSR count). The van der Waals surface area contributed by atoms with Crippen LogP contribution in [0.3, 0.4) is 0 Å². The summed E-state index contributed by atoms with van der Waals surface area (Å²) in [5.41, 5.74) is 5.60. The van der Waals surface area contributed by atoms with Crippen molar-refractivity contribution in [1.29, 1.82) is 0 Å². The van der Waals surface area contributed by atoms with Gasteiger partial charge in [0.1, 0.15) is 0 Å². The lowest BCUT2D eigenvalue weighted by atomic mass is 10.00. The molecule has 4 nitrogen and oxygen atoms in total. The Bertz CT molecular complexity index is 739. The monoisotopic (exact) mass is 392 g/mol. The highest BCUT2D eigenvalue weighted by Crippen LogP contribution is 2.28. The molecule has 0 saturated heterocycles. The van der Waals surface area contributed by atoms with Crippen molar-refractivity contribution in [2.24, 2.45) is 0 Å². The standard InChI is InChI=1S/C20H22Cl2N2O2/c1-13-11-15(3-5-17(13)23-19(25)7-9-21)16-4-6-18(14(2)12-16)24-20(26)8-10-22/h3-6,11-12H,7-10H2,1-2H3,(H,23,25)(H,24,26). The first kappa shape index (κ1) is 20.3. The van der Waals surface area contributed by atoms with Gasteiger partial charge in [0.25, 0.3) is 0 Å². The lowest BCUT2D eigenvalue weighted by Gasteiger charge is -2.12. The average molecular weight is 393 g/mol. The summed E-state index contributed by atoms with van der Waals surface area (Å²) in [5, 5.41) is 5.72. The second-order valence-corrected chi connectivity index (χ2v) is 6.79. The van der Waals surface area contributed by atoms with Crippen LogP contribution in [-0.4, -0.2) is 23.6 Å². The van der Waals surface area contributed by atoms with Crippen molar-refractivity contribution in [2.75, 3.05) is 22.4 Å². The van der Waals surface area contributed by atoms with Gasteiger partial charge < -0.3 is 10.6 Å². The maximum Gasteiger partial charge on any atom is 0.225 e. The molecular weight excluding hydrogens is 371 g/mol. The summed E-state index contributed by atoms with van der Waals surface area (Å²) in [7, 11) is 0. The molecule has 138 valence electrons. The predicted molar refractivity (Wildman–Crippen MR) is 109 cm³/mol. The van der Waals surface area contributed by atoms with Crippen LogP contribution in [0.4, 0.5) is 11.4 Å². The summed E-state index contributed by atoms with van der Waals surface area (Å²) in [6.45, 7) is 3.90. The molecule has 0 aliphatic carbocycles. The molecule has 0 spiro atoms. The summed E-state index contributed by atoms with van der Waals surface area (Å²) in [4.78, 5) is 23.4. The van der Waals surface area contributed by atoms with Gasteiger partial charge in [-0.2, -0.15) is 0 Å². The lowest BCUT2D eigenvalue weighted by Crippen LogP contribution is -2.12. The van der Waals surface area contributed by atoms with E-state index in [4.69, 9.17) is 23.2 Å². The van der Waals surface area contributed by atoms with E-state index in [2.05, 4.69) is 10.6 Å². The predicted octanol–water partition coefficient (Wildman–Crippen LogP) is 5.11. The topological polar surface area (TPSA) is 58.2 Å². The van der Waals surface area contributed by atoms with Crippen LogP contribution in [0, 0.1) is 13.8 Å². The molecule has 0 atom stereocenters. The summed E-state index contributed by atoms with van der Waals surface area (Å²) < 4.78 is 0. The fraction of sp³-hybridized carbons (Fsp3) is 0.300. The Morgan fingerprint density at radius 2 is 1.15 bits per heavy atom. The Balaban J connectivity index is 2.18. The average Bonchev–Trinajstić information content (AvgIpc) is 2.59. The third kappa shape index (κ3) is 5.48. The van der Waals surface area contributed by atoms with E-state index in [0.717, 1.165) is 33.6 Å². The van der Waals surface area contributed by atoms with Crippen LogP contribution < -0.4 is 10.6 Å². The van der Waals surface area contributed by atoms with E-state index in [9.17, 15) is 9.59 Å². The van der Waals surface area contributed by atoms with Crippen LogP contribution in [0.25, 0.3) is 11.1 Å². The maximum absolute atomic E-state index is 11.7. The number of hydrogen-bond acceptors (Lipinski definition) is 2. The molecule has 0 heterocycles. The van der Waals surface area contributed by atoms with Crippen molar-refractivity contribution in [2.45, 2.75) is 26.7 Å². The third-order valence-corrected chi connectivity index (χ3v) is 4.36. The largest absolute Gasteiger partial charge is 0.326 e. The second kappa shape index (κ2) is 9.60. The lowest BCUT2D eigenvalue weighted by molar-refractivity contribution is -0.116. The van der Waals surface area contributed by atoms with Crippen LogP contribution >= 0.6 is 23.2 Å². The molecule has 0 saturated carbocycles. The first-order valence-electron chi connectivity index (χ1n) is 8.38. The van der Waals surface area contributed by atoms with E-state index in [-0.39, 0.29) is 11.8 Å². The van der Waals surface area contributed by atoms with Gasteiger partial charge in [-0.1, -0.05) is 12.1 Å². The second-order valence-electron chi connectivity index (χ2n) is 6.03. The molecule has 26 heavy (non-hydrogen) atoms. The van der Waals surface area contributed by atoms with Crippen molar-refractivity contribution in [3.63, 3.8) is 0 Å². The van der Waals surface area contributed by atoms with E-state index in [1.54, 1.807) is 0 Å². The van der Waals surface area contributed by atoms with E-state index >= 15 is 0 Å². The number of aryl methyl sites for hydroxylation is 2. The fourth-order valence-corrected chi connectivity index (χ4v) is 2.91. The van der Waals surface area contributed by atoms with Crippen LogP contribution in [0.2, 0.25) is 0 Å². The quantitative estimate of drug-likeness (QED) is 0.643. The number of carbonyl (C=O) groups is 2. The number of anilines is 2. The molecule has 6 heteroatoms. The normalized spacial score (nSPS) is 10.5. The van der Waals surface area contributed by atoms with Crippen molar-refractivity contribution >= 4 is 46.4 Å². The van der Waals surface area contributed by atoms with E-state index in [0.29, 0.717) is 24.6 Å². The van der Waals surface area contributed by atoms with Gasteiger partial charge in [-0.3, -0.25) is 9.59 Å². The minimum atomic E-state index is -0.0938. The molecule has 2 N–H and O–H groups in total. The Kier molecular flexibility index (Phi) is 7.49. The number of benzene rings is 2. The number of amides is 2. The number of halogens is 2. The molecule has 0 bridgehead atoms. The highest BCUT2D eigenvalue weighted by molar-refractivity contribution is 6.19. The summed E-state index contributed by atoms with van der Waals surface area (Å²) >= 11 is 11.2. The SMILES string of the molecule is Cc1cc(-c2ccc(NC(=O)CCCl)c(C)c2)ccc1NC(=O)CCCl. The third-order valence-electron chi connectivity index (χ3n) is 3.98. The molecule has 0 aliphatic heterocycles. The van der Waals surface area contributed by atoms with Gasteiger partial charge in [-0.15, -0.1) is 23.2 Å². The van der Waals surface area contributed by atoms with Gasteiger partial charge in [-0.25, -0.2) is 0 Å². The van der Waals surface area contributed by atoms with Gasteiger partial charge in [0.05, 0.1) is 0 Å². The molecule has 2 amide bonds.